The van der Waals surface area contributed by atoms with Crippen LogP contribution in [0.5, 0.6) is 0 Å². The van der Waals surface area contributed by atoms with Crippen molar-refractivity contribution in [3.63, 3.8) is 0 Å². The number of aliphatic hydroxyl groups is 1. The fourth-order valence-corrected chi connectivity index (χ4v) is 2.79. The maximum absolute atomic E-state index is 12.5. The second-order valence-electron chi connectivity index (χ2n) is 6.18. The highest BCUT2D eigenvalue weighted by Crippen LogP contribution is 2.41. The molecule has 3 atom stereocenters. The highest BCUT2D eigenvalue weighted by atomic mass is 16.6. The summed E-state index contributed by atoms with van der Waals surface area (Å²) in [5, 5.41) is 10.8. The number of carbonyl (C=O) groups is 3. The van der Waals surface area contributed by atoms with Gasteiger partial charge in [0.1, 0.15) is 0 Å². The van der Waals surface area contributed by atoms with E-state index in [1.54, 1.807) is 20.8 Å². The molecule has 1 rings (SSSR count). The van der Waals surface area contributed by atoms with Crippen molar-refractivity contribution in [3.05, 3.63) is 11.6 Å². The van der Waals surface area contributed by atoms with Gasteiger partial charge >= 0.3 is 5.97 Å². The topological polar surface area (TPSA) is 80.7 Å². The number of esters is 1. The Hall–Kier alpha value is -1.49. The van der Waals surface area contributed by atoms with Crippen molar-refractivity contribution < 1.29 is 24.2 Å². The molecule has 0 heterocycles. The fraction of sp³-hybridized carbons (Fsp3) is 0.667. The summed E-state index contributed by atoms with van der Waals surface area (Å²) < 4.78 is 5.08. The lowest BCUT2D eigenvalue weighted by molar-refractivity contribution is -0.185. The van der Waals surface area contributed by atoms with Gasteiger partial charge in [0.15, 0.2) is 23.3 Å². The number of hydrogen-bond donors (Lipinski definition) is 1. The summed E-state index contributed by atoms with van der Waals surface area (Å²) >= 11 is 0. The first-order chi connectivity index (χ1) is 8.94. The maximum Gasteiger partial charge on any atom is 0.303 e. The van der Waals surface area contributed by atoms with Crippen LogP contribution in [0.4, 0.5) is 0 Å². The Morgan fingerprint density at radius 3 is 2.15 bits per heavy atom. The molecule has 0 amide bonds. The van der Waals surface area contributed by atoms with Crippen LogP contribution < -0.4 is 0 Å². The third kappa shape index (κ3) is 2.54. The Morgan fingerprint density at radius 2 is 1.75 bits per heavy atom. The van der Waals surface area contributed by atoms with Crippen LogP contribution in [0.2, 0.25) is 0 Å². The minimum absolute atomic E-state index is 0.333. The number of ether oxygens (including phenoxy) is 1. The van der Waals surface area contributed by atoms with Gasteiger partial charge in [0.05, 0.1) is 11.3 Å². The lowest BCUT2D eigenvalue weighted by atomic mass is 9.62. The molecule has 0 aromatic rings. The Balaban J connectivity index is 3.45. The Labute approximate surface area is 119 Å². The summed E-state index contributed by atoms with van der Waals surface area (Å²) in [6.45, 7) is 9.18. The molecular weight excluding hydrogens is 260 g/mol. The van der Waals surface area contributed by atoms with E-state index in [1.165, 1.54) is 26.8 Å². The second kappa shape index (κ2) is 5.13. The van der Waals surface area contributed by atoms with Gasteiger partial charge < -0.3 is 9.84 Å². The van der Waals surface area contributed by atoms with Gasteiger partial charge in [-0.1, -0.05) is 12.5 Å². The van der Waals surface area contributed by atoms with E-state index in [-0.39, 0.29) is 5.78 Å². The smallest absolute Gasteiger partial charge is 0.303 e. The average Bonchev–Trinajstić information content (AvgIpc) is 2.30. The van der Waals surface area contributed by atoms with E-state index >= 15 is 0 Å². The molecule has 0 aliphatic heterocycles. The number of allylic oxidation sites excluding steroid dienone is 1. The van der Waals surface area contributed by atoms with Crippen LogP contribution in [0.3, 0.4) is 0 Å². The first-order valence-electron chi connectivity index (χ1n) is 6.59. The zero-order valence-corrected chi connectivity index (χ0v) is 12.8. The number of Topliss-reactive ketones (excluding diaryl/α,β-unsaturated/α-hetero) is 2. The molecule has 0 aromatic heterocycles. The van der Waals surface area contributed by atoms with E-state index in [0.29, 0.717) is 5.57 Å². The van der Waals surface area contributed by atoms with Gasteiger partial charge in [-0.15, -0.1) is 0 Å². The summed E-state index contributed by atoms with van der Waals surface area (Å²) in [4.78, 5) is 36.1. The quantitative estimate of drug-likeness (QED) is 0.471. The van der Waals surface area contributed by atoms with Crippen LogP contribution in [0, 0.1) is 11.3 Å². The molecule has 0 spiro atoms. The van der Waals surface area contributed by atoms with E-state index in [1.807, 2.05) is 0 Å². The molecule has 1 N–H and O–H groups in total. The van der Waals surface area contributed by atoms with Crippen LogP contribution in [-0.2, 0) is 19.1 Å². The maximum atomic E-state index is 12.5. The normalized spacial score (nSPS) is 32.8. The van der Waals surface area contributed by atoms with Crippen LogP contribution in [0.15, 0.2) is 11.6 Å². The number of ketones is 2. The van der Waals surface area contributed by atoms with Gasteiger partial charge in [-0.3, -0.25) is 14.4 Å². The van der Waals surface area contributed by atoms with Crippen molar-refractivity contribution in [2.24, 2.45) is 11.3 Å². The molecule has 1 saturated carbocycles. The summed E-state index contributed by atoms with van der Waals surface area (Å²) in [7, 11) is 0. The van der Waals surface area contributed by atoms with Gasteiger partial charge in [-0.05, 0) is 33.8 Å². The summed E-state index contributed by atoms with van der Waals surface area (Å²) in [5.74, 6) is -2.36. The van der Waals surface area contributed by atoms with E-state index in [9.17, 15) is 19.5 Å². The van der Waals surface area contributed by atoms with Crippen molar-refractivity contribution in [3.8, 4) is 0 Å². The monoisotopic (exact) mass is 282 g/mol. The first-order valence-corrected chi connectivity index (χ1v) is 6.59. The molecule has 5 heteroatoms. The predicted molar refractivity (Wildman–Crippen MR) is 72.9 cm³/mol. The van der Waals surface area contributed by atoms with Gasteiger partial charge in [-0.2, -0.15) is 0 Å². The van der Waals surface area contributed by atoms with Crippen LogP contribution in [0.1, 0.15) is 41.5 Å². The standard InChI is InChI=1S/C15H22O5/c1-8(2)7-15(19)12(20-10(4)16)9(3)11(17)14(5,6)13(15)18/h7,9,12,19H,1-6H3/t9?,12-,15+/m0/s1. The highest BCUT2D eigenvalue weighted by Gasteiger charge is 2.61. The molecule has 1 aliphatic rings. The van der Waals surface area contributed by atoms with Crippen molar-refractivity contribution in [1.82, 2.24) is 0 Å². The van der Waals surface area contributed by atoms with Gasteiger partial charge in [0.2, 0.25) is 0 Å². The van der Waals surface area contributed by atoms with Crippen molar-refractivity contribution in [1.29, 1.82) is 0 Å². The second-order valence-corrected chi connectivity index (χ2v) is 6.18. The first kappa shape index (κ1) is 16.6. The molecule has 112 valence electrons. The fourth-order valence-electron chi connectivity index (χ4n) is 2.79. The number of hydrogen-bond acceptors (Lipinski definition) is 5. The molecule has 0 radical (unpaired) electrons. The molecule has 20 heavy (non-hydrogen) atoms. The molecule has 1 aliphatic carbocycles. The van der Waals surface area contributed by atoms with Crippen molar-refractivity contribution in [2.75, 3.05) is 0 Å². The zero-order chi connectivity index (χ0) is 15.9. The van der Waals surface area contributed by atoms with Gasteiger partial charge in [-0.25, -0.2) is 0 Å². The molecule has 1 fully saturated rings. The minimum Gasteiger partial charge on any atom is -0.458 e. The number of carbonyl (C=O) groups excluding carboxylic acids is 3. The largest absolute Gasteiger partial charge is 0.458 e. The van der Waals surface area contributed by atoms with E-state index in [0.717, 1.165) is 0 Å². The molecule has 5 nitrogen and oxygen atoms in total. The molecular formula is C15H22O5. The van der Waals surface area contributed by atoms with E-state index < -0.39 is 34.8 Å². The Bertz CT molecular complexity index is 484. The average molecular weight is 282 g/mol. The number of rotatable bonds is 2. The zero-order valence-electron chi connectivity index (χ0n) is 12.8. The van der Waals surface area contributed by atoms with E-state index in [2.05, 4.69) is 0 Å². The van der Waals surface area contributed by atoms with Gasteiger partial charge in [0.25, 0.3) is 0 Å². The summed E-state index contributed by atoms with van der Waals surface area (Å²) in [5.41, 5.74) is -2.58. The minimum atomic E-state index is -1.97. The third-order valence-corrected chi connectivity index (χ3v) is 3.65. The molecule has 1 unspecified atom stereocenters. The lowest BCUT2D eigenvalue weighted by Gasteiger charge is -2.45. The SMILES string of the molecule is CC(=O)O[C@H]1C(C)C(=O)C(C)(C)C(=O)[C@@]1(O)C=C(C)C. The predicted octanol–water partition coefficient (Wildman–Crippen LogP) is 1.43. The molecule has 0 aromatic carbocycles. The lowest BCUT2D eigenvalue weighted by Crippen LogP contribution is -2.65. The summed E-state index contributed by atoms with van der Waals surface area (Å²) in [6, 6.07) is 0. The van der Waals surface area contributed by atoms with E-state index in [4.69, 9.17) is 4.74 Å². The third-order valence-electron chi connectivity index (χ3n) is 3.65. The van der Waals surface area contributed by atoms with Crippen LogP contribution in [-0.4, -0.2) is 34.3 Å². The molecule has 0 saturated heterocycles. The van der Waals surface area contributed by atoms with Crippen molar-refractivity contribution >= 4 is 17.5 Å². The summed E-state index contributed by atoms with van der Waals surface area (Å²) in [6.07, 6.45) is 0.177. The van der Waals surface area contributed by atoms with Crippen molar-refractivity contribution in [2.45, 2.75) is 53.2 Å². The Kier molecular flexibility index (Phi) is 4.25. The van der Waals surface area contributed by atoms with Crippen LogP contribution in [0.25, 0.3) is 0 Å². The highest BCUT2D eigenvalue weighted by molar-refractivity contribution is 6.14. The molecule has 0 bridgehead atoms. The van der Waals surface area contributed by atoms with Crippen LogP contribution >= 0.6 is 0 Å². The Morgan fingerprint density at radius 1 is 1.25 bits per heavy atom. The van der Waals surface area contributed by atoms with Gasteiger partial charge in [0, 0.05) is 6.92 Å².